The molecule has 0 aromatic carbocycles. The molecule has 0 aliphatic carbocycles. The topological polar surface area (TPSA) is 18.5 Å². The molecule has 0 spiro atoms. The lowest BCUT2D eigenvalue weighted by Gasteiger charge is -2.13. The summed E-state index contributed by atoms with van der Waals surface area (Å²) in [6.07, 6.45) is 0. The highest BCUT2D eigenvalue weighted by molar-refractivity contribution is 6.19. The lowest BCUT2D eigenvalue weighted by molar-refractivity contribution is 0.0242. The summed E-state index contributed by atoms with van der Waals surface area (Å²) in [6.45, 7) is 7.96. The van der Waals surface area contributed by atoms with Crippen molar-refractivity contribution < 1.29 is 9.47 Å². The Morgan fingerprint density at radius 3 is 2.36 bits per heavy atom. The van der Waals surface area contributed by atoms with Crippen molar-refractivity contribution in [2.45, 2.75) is 26.3 Å². The van der Waals surface area contributed by atoms with E-state index in [-0.39, 0.29) is 5.56 Å². The van der Waals surface area contributed by atoms with Crippen LogP contribution in [0.25, 0.3) is 0 Å². The maximum atomic E-state index is 5.82. The first-order valence-electron chi connectivity index (χ1n) is 4.02. The first-order valence-corrected chi connectivity index (χ1v) is 4.45. The Morgan fingerprint density at radius 2 is 1.91 bits per heavy atom. The van der Waals surface area contributed by atoms with Crippen molar-refractivity contribution in [3.8, 4) is 0 Å². The smallest absolute Gasteiger partial charge is 0.133 e. The maximum Gasteiger partial charge on any atom is 0.133 e. The van der Waals surface area contributed by atoms with Gasteiger partial charge in [0.15, 0.2) is 0 Å². The summed E-state index contributed by atoms with van der Waals surface area (Å²) in [5.74, 6) is 0.360. The third-order valence-electron chi connectivity index (χ3n) is 1.23. The minimum Gasteiger partial charge on any atom is -0.379 e. The van der Waals surface area contributed by atoms with Crippen molar-refractivity contribution in [2.24, 2.45) is 5.92 Å². The van der Waals surface area contributed by atoms with Gasteiger partial charge in [0, 0.05) is 6.61 Å². The molecular formula is C8H17ClO2. The number of hydrogen-bond donors (Lipinski definition) is 0. The van der Waals surface area contributed by atoms with Crippen molar-refractivity contribution in [1.82, 2.24) is 0 Å². The van der Waals surface area contributed by atoms with Crippen LogP contribution in [0.2, 0.25) is 0 Å². The number of halogens is 1. The Bertz CT molecular complexity index is 86.2. The molecule has 68 valence electrons. The van der Waals surface area contributed by atoms with Gasteiger partial charge in [-0.15, -0.1) is 0 Å². The quantitative estimate of drug-likeness (QED) is 0.461. The van der Waals surface area contributed by atoms with Crippen LogP contribution >= 0.6 is 11.6 Å². The van der Waals surface area contributed by atoms with Crippen LogP contribution < -0.4 is 0 Å². The fraction of sp³-hybridized carbons (Fsp3) is 1.00. The molecule has 0 fully saturated rings. The number of ether oxygens (including phenoxy) is 2. The third kappa shape index (κ3) is 6.60. The highest BCUT2D eigenvalue weighted by Crippen LogP contribution is 2.09. The predicted octanol–water partition coefficient (Wildman–Crippen LogP) is 2.26. The first kappa shape index (κ1) is 11.2. The minimum absolute atomic E-state index is 0.185. The second-order valence-corrected chi connectivity index (χ2v) is 3.09. The van der Waals surface area contributed by atoms with Gasteiger partial charge in [0.2, 0.25) is 0 Å². The third-order valence-corrected chi connectivity index (χ3v) is 1.86. The molecule has 0 saturated carbocycles. The zero-order chi connectivity index (χ0) is 8.69. The number of hydrogen-bond acceptors (Lipinski definition) is 2. The van der Waals surface area contributed by atoms with Crippen molar-refractivity contribution in [2.75, 3.05) is 19.8 Å². The molecule has 0 aliphatic rings. The molecule has 0 amide bonds. The summed E-state index contributed by atoms with van der Waals surface area (Å²) in [5.41, 5.74) is -0.185. The van der Waals surface area contributed by atoms with Crippen LogP contribution in [0.5, 0.6) is 0 Å². The van der Waals surface area contributed by atoms with Crippen LogP contribution in [0.3, 0.4) is 0 Å². The molecular weight excluding hydrogens is 164 g/mol. The van der Waals surface area contributed by atoms with Crippen LogP contribution in [-0.2, 0) is 9.47 Å². The van der Waals surface area contributed by atoms with Crippen LogP contribution in [0.1, 0.15) is 20.8 Å². The lowest BCUT2D eigenvalue weighted by Crippen LogP contribution is -2.15. The Hall–Kier alpha value is 0.210. The first-order chi connectivity index (χ1) is 5.18. The Labute approximate surface area is 73.8 Å². The van der Waals surface area contributed by atoms with Crippen LogP contribution in [0.4, 0.5) is 0 Å². The molecule has 0 aliphatic heterocycles. The van der Waals surface area contributed by atoms with Crippen molar-refractivity contribution >= 4 is 11.6 Å². The standard InChI is InChI=1S/C8H17ClO2/c1-4-10-5-6-11-8(9)7(2)3/h7-8H,4-6H2,1-3H3. The lowest BCUT2D eigenvalue weighted by atomic mass is 10.2. The van der Waals surface area contributed by atoms with E-state index in [4.69, 9.17) is 21.1 Å². The molecule has 0 N–H and O–H groups in total. The summed E-state index contributed by atoms with van der Waals surface area (Å²) in [4.78, 5) is 0. The monoisotopic (exact) mass is 180 g/mol. The molecule has 3 heteroatoms. The summed E-state index contributed by atoms with van der Waals surface area (Å²) in [5, 5.41) is 0. The Morgan fingerprint density at radius 1 is 1.27 bits per heavy atom. The van der Waals surface area contributed by atoms with Crippen LogP contribution in [0.15, 0.2) is 0 Å². The molecule has 0 aromatic rings. The van der Waals surface area contributed by atoms with E-state index in [0.29, 0.717) is 19.1 Å². The molecule has 0 heterocycles. The van der Waals surface area contributed by atoms with Crippen molar-refractivity contribution in [1.29, 1.82) is 0 Å². The van der Waals surface area contributed by atoms with Crippen molar-refractivity contribution in [3.63, 3.8) is 0 Å². The van der Waals surface area contributed by atoms with E-state index in [1.54, 1.807) is 0 Å². The zero-order valence-electron chi connectivity index (χ0n) is 7.47. The number of rotatable bonds is 6. The second-order valence-electron chi connectivity index (χ2n) is 2.66. The van der Waals surface area contributed by atoms with Crippen LogP contribution in [-0.4, -0.2) is 25.4 Å². The molecule has 1 unspecified atom stereocenters. The van der Waals surface area contributed by atoms with Gasteiger partial charge >= 0.3 is 0 Å². The van der Waals surface area contributed by atoms with Crippen LogP contribution in [0, 0.1) is 5.92 Å². The van der Waals surface area contributed by atoms with Gasteiger partial charge in [0.1, 0.15) is 5.56 Å². The molecule has 0 rings (SSSR count). The van der Waals surface area contributed by atoms with Gasteiger partial charge in [0.05, 0.1) is 13.2 Å². The van der Waals surface area contributed by atoms with Gasteiger partial charge in [-0.2, -0.15) is 0 Å². The SMILES string of the molecule is CCOCCOC(Cl)C(C)C. The summed E-state index contributed by atoms with van der Waals surface area (Å²) >= 11 is 5.82. The van der Waals surface area contributed by atoms with E-state index in [1.165, 1.54) is 0 Å². The highest BCUT2D eigenvalue weighted by Gasteiger charge is 2.08. The molecule has 0 bridgehead atoms. The summed E-state index contributed by atoms with van der Waals surface area (Å²) in [7, 11) is 0. The molecule has 0 radical (unpaired) electrons. The molecule has 1 atom stereocenters. The molecule has 0 saturated heterocycles. The van der Waals surface area contributed by atoms with E-state index < -0.39 is 0 Å². The zero-order valence-corrected chi connectivity index (χ0v) is 8.23. The normalized spacial score (nSPS) is 13.9. The average molecular weight is 181 g/mol. The Kier molecular flexibility index (Phi) is 7.02. The number of alkyl halides is 1. The fourth-order valence-corrected chi connectivity index (χ4v) is 0.645. The maximum absolute atomic E-state index is 5.82. The van der Waals surface area contributed by atoms with Gasteiger partial charge in [-0.3, -0.25) is 0 Å². The highest BCUT2D eigenvalue weighted by atomic mass is 35.5. The van der Waals surface area contributed by atoms with Gasteiger partial charge in [-0.05, 0) is 12.8 Å². The largest absolute Gasteiger partial charge is 0.379 e. The van der Waals surface area contributed by atoms with E-state index in [0.717, 1.165) is 6.61 Å². The molecule has 0 aromatic heterocycles. The summed E-state index contributed by atoms with van der Waals surface area (Å²) in [6, 6.07) is 0. The fourth-order valence-electron chi connectivity index (χ4n) is 0.556. The van der Waals surface area contributed by atoms with Gasteiger partial charge in [0.25, 0.3) is 0 Å². The molecule has 2 nitrogen and oxygen atoms in total. The summed E-state index contributed by atoms with van der Waals surface area (Å²) < 4.78 is 10.3. The second kappa shape index (κ2) is 6.89. The average Bonchev–Trinajstić information content (AvgIpc) is 1.97. The minimum atomic E-state index is -0.185. The van der Waals surface area contributed by atoms with E-state index in [1.807, 2.05) is 20.8 Å². The van der Waals surface area contributed by atoms with Gasteiger partial charge in [-0.25, -0.2) is 0 Å². The predicted molar refractivity (Wildman–Crippen MR) is 46.9 cm³/mol. The van der Waals surface area contributed by atoms with Crippen molar-refractivity contribution in [3.05, 3.63) is 0 Å². The van der Waals surface area contributed by atoms with E-state index in [9.17, 15) is 0 Å². The Balaban J connectivity index is 3.10. The van der Waals surface area contributed by atoms with E-state index in [2.05, 4.69) is 0 Å². The van der Waals surface area contributed by atoms with E-state index >= 15 is 0 Å². The van der Waals surface area contributed by atoms with Gasteiger partial charge in [-0.1, -0.05) is 25.4 Å². The van der Waals surface area contributed by atoms with Gasteiger partial charge < -0.3 is 9.47 Å². The molecule has 11 heavy (non-hydrogen) atoms.